The van der Waals surface area contributed by atoms with Gasteiger partial charge in [-0.1, -0.05) is 6.08 Å². The summed E-state index contributed by atoms with van der Waals surface area (Å²) in [5, 5.41) is 8.48. The van der Waals surface area contributed by atoms with Crippen molar-refractivity contribution in [2.24, 2.45) is 0 Å². The van der Waals surface area contributed by atoms with Gasteiger partial charge in [-0.05, 0) is 12.2 Å². The Balaban J connectivity index is 2.40. The van der Waals surface area contributed by atoms with Gasteiger partial charge in [0, 0.05) is 0 Å². The van der Waals surface area contributed by atoms with Crippen molar-refractivity contribution >= 4 is 0 Å². The zero-order valence-corrected chi connectivity index (χ0v) is 4.45. The van der Waals surface area contributed by atoms with Crippen LogP contribution in [0.2, 0.25) is 0 Å². The van der Waals surface area contributed by atoms with Gasteiger partial charge in [0.1, 0.15) is 6.10 Å². The van der Waals surface area contributed by atoms with E-state index in [1.54, 1.807) is 18.4 Å². The van der Waals surface area contributed by atoms with Crippen molar-refractivity contribution in [2.45, 2.75) is 6.10 Å². The smallest absolute Gasteiger partial charge is 0.139 e. The second-order valence-electron chi connectivity index (χ2n) is 1.57. The molecule has 0 aromatic carbocycles. The molecule has 1 unspecified atom stereocenters. The summed E-state index contributed by atoms with van der Waals surface area (Å²) in [7, 11) is 0. The van der Waals surface area contributed by atoms with E-state index in [1.165, 1.54) is 0 Å². The van der Waals surface area contributed by atoms with Crippen LogP contribution < -0.4 is 0 Å². The third-order valence-corrected chi connectivity index (χ3v) is 0.949. The van der Waals surface area contributed by atoms with Crippen molar-refractivity contribution in [1.82, 2.24) is 0 Å². The van der Waals surface area contributed by atoms with Gasteiger partial charge < -0.3 is 9.84 Å². The standard InChI is InChI=1S/C6H8O2/c7-5-6-3-1-2-4-8-6/h1-4,6-7H,5H2. The SMILES string of the molecule is OCC1C=CC=CO1. The van der Waals surface area contributed by atoms with Crippen LogP contribution in [0.25, 0.3) is 0 Å². The number of hydrogen-bond donors (Lipinski definition) is 1. The molecule has 2 nitrogen and oxygen atoms in total. The van der Waals surface area contributed by atoms with Crippen LogP contribution in [0.15, 0.2) is 24.5 Å². The Morgan fingerprint density at radius 1 is 1.50 bits per heavy atom. The highest BCUT2D eigenvalue weighted by Crippen LogP contribution is 1.99. The van der Waals surface area contributed by atoms with Gasteiger partial charge in [-0.15, -0.1) is 0 Å². The predicted molar refractivity (Wildman–Crippen MR) is 30.2 cm³/mol. The summed E-state index contributed by atoms with van der Waals surface area (Å²) >= 11 is 0. The first-order chi connectivity index (χ1) is 3.93. The molecule has 0 aromatic rings. The molecule has 1 N–H and O–H groups in total. The maximum atomic E-state index is 8.48. The van der Waals surface area contributed by atoms with E-state index in [9.17, 15) is 0 Å². The number of allylic oxidation sites excluding steroid dienone is 2. The molecule has 1 aliphatic rings. The van der Waals surface area contributed by atoms with Crippen LogP contribution in [-0.2, 0) is 4.74 Å². The second-order valence-corrected chi connectivity index (χ2v) is 1.57. The first-order valence-corrected chi connectivity index (χ1v) is 2.53. The molecule has 0 bridgehead atoms. The highest BCUT2D eigenvalue weighted by atomic mass is 16.5. The van der Waals surface area contributed by atoms with Crippen LogP contribution >= 0.6 is 0 Å². The van der Waals surface area contributed by atoms with Gasteiger partial charge in [-0.25, -0.2) is 0 Å². The van der Waals surface area contributed by atoms with Gasteiger partial charge in [-0.3, -0.25) is 0 Å². The fourth-order valence-electron chi connectivity index (χ4n) is 0.529. The lowest BCUT2D eigenvalue weighted by atomic mass is 10.3. The molecule has 0 saturated heterocycles. The molecule has 1 heterocycles. The molecule has 1 rings (SSSR count). The summed E-state index contributed by atoms with van der Waals surface area (Å²) in [4.78, 5) is 0. The molecular weight excluding hydrogens is 104 g/mol. The van der Waals surface area contributed by atoms with Crippen molar-refractivity contribution in [3.8, 4) is 0 Å². The van der Waals surface area contributed by atoms with Gasteiger partial charge in [0.25, 0.3) is 0 Å². The third kappa shape index (κ3) is 1.10. The fourth-order valence-corrected chi connectivity index (χ4v) is 0.529. The minimum Gasteiger partial charge on any atom is -0.492 e. The van der Waals surface area contributed by atoms with Crippen molar-refractivity contribution < 1.29 is 9.84 Å². The van der Waals surface area contributed by atoms with Crippen LogP contribution in [0.4, 0.5) is 0 Å². The van der Waals surface area contributed by atoms with Crippen molar-refractivity contribution in [1.29, 1.82) is 0 Å². The molecule has 0 saturated carbocycles. The van der Waals surface area contributed by atoms with E-state index in [-0.39, 0.29) is 12.7 Å². The Hall–Kier alpha value is -0.760. The van der Waals surface area contributed by atoms with Crippen LogP contribution in [0, 0.1) is 0 Å². The number of rotatable bonds is 1. The topological polar surface area (TPSA) is 29.5 Å². The third-order valence-electron chi connectivity index (χ3n) is 0.949. The average molecular weight is 112 g/mol. The van der Waals surface area contributed by atoms with E-state index in [0.29, 0.717) is 0 Å². The van der Waals surface area contributed by atoms with Gasteiger partial charge in [0.2, 0.25) is 0 Å². The van der Waals surface area contributed by atoms with E-state index >= 15 is 0 Å². The number of aliphatic hydroxyl groups is 1. The molecule has 0 fully saturated rings. The Labute approximate surface area is 48.1 Å². The Kier molecular flexibility index (Phi) is 1.70. The Morgan fingerprint density at radius 2 is 2.38 bits per heavy atom. The minimum absolute atomic E-state index is 0.0564. The van der Waals surface area contributed by atoms with E-state index in [2.05, 4.69) is 0 Å². The molecule has 8 heavy (non-hydrogen) atoms. The maximum Gasteiger partial charge on any atom is 0.139 e. The monoisotopic (exact) mass is 112 g/mol. The average Bonchev–Trinajstić information content (AvgIpc) is 1.90. The van der Waals surface area contributed by atoms with Crippen molar-refractivity contribution in [3.05, 3.63) is 24.5 Å². The Bertz CT molecular complexity index is 116. The zero-order valence-electron chi connectivity index (χ0n) is 4.45. The van der Waals surface area contributed by atoms with Crippen LogP contribution in [0.5, 0.6) is 0 Å². The maximum absolute atomic E-state index is 8.48. The second kappa shape index (κ2) is 2.52. The molecule has 0 aromatic heterocycles. The molecule has 2 heteroatoms. The van der Waals surface area contributed by atoms with Gasteiger partial charge in [0.15, 0.2) is 0 Å². The molecule has 0 radical (unpaired) electrons. The fraction of sp³-hybridized carbons (Fsp3) is 0.333. The largest absolute Gasteiger partial charge is 0.492 e. The lowest BCUT2D eigenvalue weighted by Gasteiger charge is -2.10. The molecule has 0 amide bonds. The Morgan fingerprint density at radius 3 is 2.75 bits per heavy atom. The highest BCUT2D eigenvalue weighted by Gasteiger charge is 2.00. The van der Waals surface area contributed by atoms with E-state index < -0.39 is 0 Å². The first-order valence-electron chi connectivity index (χ1n) is 2.53. The predicted octanol–water partition coefficient (Wildman–Crippen LogP) is 0.447. The summed E-state index contributed by atoms with van der Waals surface area (Å²) in [6.07, 6.45) is 6.89. The van der Waals surface area contributed by atoms with E-state index in [4.69, 9.17) is 9.84 Å². The summed E-state index contributed by atoms with van der Waals surface area (Å²) < 4.78 is 4.91. The molecular formula is C6H8O2. The lowest BCUT2D eigenvalue weighted by molar-refractivity contribution is 0.109. The lowest BCUT2D eigenvalue weighted by Crippen LogP contribution is -2.12. The van der Waals surface area contributed by atoms with Crippen molar-refractivity contribution in [3.63, 3.8) is 0 Å². The summed E-state index contributed by atoms with van der Waals surface area (Å²) in [5.74, 6) is 0. The number of aliphatic hydroxyl groups excluding tert-OH is 1. The summed E-state index contributed by atoms with van der Waals surface area (Å²) in [5.41, 5.74) is 0. The molecule has 0 spiro atoms. The number of hydrogen-bond acceptors (Lipinski definition) is 2. The summed E-state index contributed by atoms with van der Waals surface area (Å²) in [6.45, 7) is 0.0564. The summed E-state index contributed by atoms with van der Waals surface area (Å²) in [6, 6.07) is 0. The quantitative estimate of drug-likeness (QED) is 0.533. The van der Waals surface area contributed by atoms with Gasteiger partial charge >= 0.3 is 0 Å². The van der Waals surface area contributed by atoms with Crippen molar-refractivity contribution in [2.75, 3.05) is 6.61 Å². The molecule has 1 atom stereocenters. The minimum atomic E-state index is -0.125. The van der Waals surface area contributed by atoms with E-state index in [1.807, 2.05) is 6.08 Å². The van der Waals surface area contributed by atoms with Crippen LogP contribution in [0.1, 0.15) is 0 Å². The number of ether oxygens (including phenoxy) is 1. The van der Waals surface area contributed by atoms with Crippen LogP contribution in [-0.4, -0.2) is 17.8 Å². The van der Waals surface area contributed by atoms with Gasteiger partial charge in [-0.2, -0.15) is 0 Å². The van der Waals surface area contributed by atoms with Crippen LogP contribution in [0.3, 0.4) is 0 Å². The molecule has 44 valence electrons. The normalized spacial score (nSPS) is 25.4. The van der Waals surface area contributed by atoms with E-state index in [0.717, 1.165) is 0 Å². The van der Waals surface area contributed by atoms with Gasteiger partial charge in [0.05, 0.1) is 12.9 Å². The molecule has 1 aliphatic heterocycles. The molecule has 0 aliphatic carbocycles. The zero-order chi connectivity index (χ0) is 5.82. The first kappa shape index (κ1) is 5.38. The highest BCUT2D eigenvalue weighted by molar-refractivity contribution is 5.07.